The van der Waals surface area contributed by atoms with Gasteiger partial charge >= 0.3 is 0 Å². The molecule has 3 heterocycles. The first kappa shape index (κ1) is 9.48. The molecule has 0 saturated carbocycles. The van der Waals surface area contributed by atoms with Crippen LogP contribution in [0.15, 0.2) is 61.1 Å². The maximum Gasteiger partial charge on any atom is 0.137 e. The maximum atomic E-state index is 4.43. The van der Waals surface area contributed by atoms with E-state index in [-0.39, 0.29) is 0 Å². The third-order valence-electron chi connectivity index (χ3n) is 3.26. The van der Waals surface area contributed by atoms with Crippen LogP contribution >= 0.6 is 0 Å². The van der Waals surface area contributed by atoms with E-state index < -0.39 is 0 Å². The van der Waals surface area contributed by atoms with Gasteiger partial charge < -0.3 is 9.55 Å². The van der Waals surface area contributed by atoms with Crippen molar-refractivity contribution in [2.75, 3.05) is 0 Å². The van der Waals surface area contributed by atoms with Crippen LogP contribution in [0.2, 0.25) is 0 Å². The molecule has 1 N–H and O–H groups in total. The number of nitrogens with one attached hydrogen (secondary N) is 1. The van der Waals surface area contributed by atoms with E-state index in [4.69, 9.17) is 0 Å². The molecule has 0 aliphatic rings. The lowest BCUT2D eigenvalue weighted by molar-refractivity contribution is 1.11. The molecule has 0 amide bonds. The van der Waals surface area contributed by atoms with Gasteiger partial charge in [0.25, 0.3) is 0 Å². The monoisotopic (exact) mass is 233 g/mol. The number of para-hydroxylation sites is 1. The molecule has 86 valence electrons. The summed E-state index contributed by atoms with van der Waals surface area (Å²) >= 11 is 0. The van der Waals surface area contributed by atoms with Crippen molar-refractivity contribution < 1.29 is 0 Å². The molecule has 0 radical (unpaired) electrons. The van der Waals surface area contributed by atoms with Crippen molar-refractivity contribution in [2.45, 2.75) is 0 Å². The highest BCUT2D eigenvalue weighted by atomic mass is 15.0. The van der Waals surface area contributed by atoms with Crippen molar-refractivity contribution in [1.29, 1.82) is 0 Å². The first-order valence-electron chi connectivity index (χ1n) is 5.91. The van der Waals surface area contributed by atoms with E-state index in [0.29, 0.717) is 0 Å². The molecule has 0 saturated heterocycles. The van der Waals surface area contributed by atoms with Gasteiger partial charge in [0.05, 0.1) is 17.4 Å². The van der Waals surface area contributed by atoms with Gasteiger partial charge in [-0.2, -0.15) is 0 Å². The Labute approximate surface area is 104 Å². The molecule has 4 aromatic rings. The zero-order valence-electron chi connectivity index (χ0n) is 9.67. The van der Waals surface area contributed by atoms with E-state index in [1.807, 2.05) is 18.5 Å². The van der Waals surface area contributed by atoms with Gasteiger partial charge in [-0.05, 0) is 29.7 Å². The highest BCUT2D eigenvalue weighted by molar-refractivity contribution is 5.83. The fraction of sp³-hybridized carbons (Fsp3) is 0. The Kier molecular flexibility index (Phi) is 1.83. The van der Waals surface area contributed by atoms with E-state index in [1.54, 1.807) is 0 Å². The van der Waals surface area contributed by atoms with Crippen molar-refractivity contribution in [3.63, 3.8) is 0 Å². The molecular weight excluding hydrogens is 222 g/mol. The van der Waals surface area contributed by atoms with Crippen molar-refractivity contribution >= 4 is 21.9 Å². The summed E-state index contributed by atoms with van der Waals surface area (Å²) in [6, 6.07) is 14.7. The predicted molar refractivity (Wildman–Crippen MR) is 72.9 cm³/mol. The Morgan fingerprint density at radius 2 is 1.94 bits per heavy atom. The summed E-state index contributed by atoms with van der Waals surface area (Å²) < 4.78 is 2.16. The van der Waals surface area contributed by atoms with Crippen LogP contribution in [-0.2, 0) is 0 Å². The average Bonchev–Trinajstić information content (AvgIpc) is 3.04. The number of nitrogens with zero attached hydrogens (tertiary/aromatic N) is 2. The summed E-state index contributed by atoms with van der Waals surface area (Å²) in [5.41, 5.74) is 3.22. The number of rotatable bonds is 1. The third kappa shape index (κ3) is 1.27. The number of pyridine rings is 1. The number of aromatic nitrogens is 3. The largest absolute Gasteiger partial charge is 0.346 e. The minimum atomic E-state index is 0.926. The normalized spacial score (nSPS) is 11.3. The van der Waals surface area contributed by atoms with Crippen LogP contribution in [0.25, 0.3) is 27.6 Å². The Morgan fingerprint density at radius 3 is 2.94 bits per heavy atom. The standard InChI is InChI=1S/C15H11N3/c1-2-4-14-11(3-1)6-8-18(14)13-9-12-5-7-16-15(12)17-10-13/h1-10H,(H,16,17). The maximum absolute atomic E-state index is 4.43. The second kappa shape index (κ2) is 3.47. The molecule has 4 rings (SSSR count). The fourth-order valence-electron chi connectivity index (χ4n) is 2.37. The lowest BCUT2D eigenvalue weighted by atomic mass is 10.2. The Balaban J connectivity index is 2.00. The third-order valence-corrected chi connectivity index (χ3v) is 3.26. The summed E-state index contributed by atoms with van der Waals surface area (Å²) in [5.74, 6) is 0. The molecule has 0 atom stereocenters. The van der Waals surface area contributed by atoms with Crippen LogP contribution in [0.3, 0.4) is 0 Å². The Morgan fingerprint density at radius 1 is 1.00 bits per heavy atom. The second-order valence-electron chi connectivity index (χ2n) is 4.35. The molecule has 1 aromatic carbocycles. The second-order valence-corrected chi connectivity index (χ2v) is 4.35. The molecule has 3 nitrogen and oxygen atoms in total. The highest BCUT2D eigenvalue weighted by Crippen LogP contribution is 2.21. The highest BCUT2D eigenvalue weighted by Gasteiger charge is 2.04. The van der Waals surface area contributed by atoms with E-state index in [1.165, 1.54) is 10.9 Å². The Hall–Kier alpha value is -2.55. The van der Waals surface area contributed by atoms with E-state index in [9.17, 15) is 0 Å². The van der Waals surface area contributed by atoms with Gasteiger partial charge in [-0.3, -0.25) is 0 Å². The van der Waals surface area contributed by atoms with Crippen molar-refractivity contribution in [1.82, 2.24) is 14.5 Å². The number of benzene rings is 1. The summed E-state index contributed by atoms with van der Waals surface area (Å²) in [7, 11) is 0. The molecule has 3 aromatic heterocycles. The van der Waals surface area contributed by atoms with Crippen molar-refractivity contribution in [2.24, 2.45) is 0 Å². The summed E-state index contributed by atoms with van der Waals surface area (Å²) in [4.78, 5) is 7.54. The van der Waals surface area contributed by atoms with Gasteiger partial charge in [-0.25, -0.2) is 4.98 Å². The molecule has 0 bridgehead atoms. The zero-order chi connectivity index (χ0) is 11.9. The number of fused-ring (bicyclic) bond motifs is 2. The van der Waals surface area contributed by atoms with Crippen molar-refractivity contribution in [3.05, 3.63) is 61.1 Å². The van der Waals surface area contributed by atoms with Crippen LogP contribution in [0.4, 0.5) is 0 Å². The number of H-pyrrole nitrogens is 1. The van der Waals surface area contributed by atoms with Crippen LogP contribution in [0.1, 0.15) is 0 Å². The van der Waals surface area contributed by atoms with Gasteiger partial charge in [0.15, 0.2) is 0 Å². The number of hydrogen-bond acceptors (Lipinski definition) is 1. The van der Waals surface area contributed by atoms with Crippen molar-refractivity contribution in [3.8, 4) is 5.69 Å². The molecular formula is C15H11N3. The average molecular weight is 233 g/mol. The minimum Gasteiger partial charge on any atom is -0.346 e. The fourth-order valence-corrected chi connectivity index (χ4v) is 2.37. The Bertz CT molecular complexity index is 839. The first-order valence-corrected chi connectivity index (χ1v) is 5.91. The lowest BCUT2D eigenvalue weighted by Gasteiger charge is -2.04. The van der Waals surface area contributed by atoms with Gasteiger partial charge in [0.2, 0.25) is 0 Å². The van der Waals surface area contributed by atoms with E-state index in [2.05, 4.69) is 57.1 Å². The molecule has 0 spiro atoms. The quantitative estimate of drug-likeness (QED) is 0.536. The van der Waals surface area contributed by atoms with Gasteiger partial charge in [0.1, 0.15) is 5.65 Å². The molecule has 0 aliphatic heterocycles. The first-order chi connectivity index (χ1) is 8.92. The van der Waals surface area contributed by atoms with E-state index >= 15 is 0 Å². The summed E-state index contributed by atoms with van der Waals surface area (Å²) in [5, 5.41) is 2.37. The molecule has 0 fully saturated rings. The molecule has 0 aliphatic carbocycles. The lowest BCUT2D eigenvalue weighted by Crippen LogP contribution is -1.92. The predicted octanol–water partition coefficient (Wildman–Crippen LogP) is 3.51. The number of aromatic amines is 1. The minimum absolute atomic E-state index is 0.926. The molecule has 3 heteroatoms. The summed E-state index contributed by atoms with van der Waals surface area (Å²) in [6.07, 6.45) is 5.89. The molecule has 0 unspecified atom stereocenters. The van der Waals surface area contributed by atoms with Gasteiger partial charge in [0, 0.05) is 17.8 Å². The van der Waals surface area contributed by atoms with Gasteiger partial charge in [-0.1, -0.05) is 18.2 Å². The van der Waals surface area contributed by atoms with E-state index in [0.717, 1.165) is 16.7 Å². The van der Waals surface area contributed by atoms with Crippen LogP contribution in [-0.4, -0.2) is 14.5 Å². The van der Waals surface area contributed by atoms with Crippen LogP contribution < -0.4 is 0 Å². The smallest absolute Gasteiger partial charge is 0.137 e. The number of hydrogen-bond donors (Lipinski definition) is 1. The summed E-state index contributed by atoms with van der Waals surface area (Å²) in [6.45, 7) is 0. The zero-order valence-corrected chi connectivity index (χ0v) is 9.67. The van der Waals surface area contributed by atoms with Crippen LogP contribution in [0.5, 0.6) is 0 Å². The van der Waals surface area contributed by atoms with Crippen LogP contribution in [0, 0.1) is 0 Å². The topological polar surface area (TPSA) is 33.6 Å². The SMILES string of the molecule is c1ccc2c(c1)ccn2-c1cnc2[nH]ccc2c1. The molecule has 18 heavy (non-hydrogen) atoms. The van der Waals surface area contributed by atoms with Gasteiger partial charge in [-0.15, -0.1) is 0 Å².